The molecule has 0 aromatic heterocycles. The van der Waals surface area contributed by atoms with E-state index in [9.17, 15) is 0 Å². The summed E-state index contributed by atoms with van der Waals surface area (Å²) < 4.78 is 0. The van der Waals surface area contributed by atoms with Crippen LogP contribution in [0, 0.1) is 6.08 Å². The Kier molecular flexibility index (Phi) is 16.4. The minimum atomic E-state index is 0. The van der Waals surface area contributed by atoms with E-state index in [0.29, 0.717) is 0 Å². The van der Waals surface area contributed by atoms with Gasteiger partial charge in [-0.3, -0.25) is 6.08 Å². The molecule has 52 valence electrons. The molecule has 0 aliphatic heterocycles. The summed E-state index contributed by atoms with van der Waals surface area (Å²) in [6, 6.07) is 0. The van der Waals surface area contributed by atoms with E-state index >= 15 is 0 Å². The predicted octanol–water partition coefficient (Wildman–Crippen LogP) is -4.30. The molecule has 0 heterocycles. The summed E-state index contributed by atoms with van der Waals surface area (Å²) in [7, 11) is 0. The van der Waals surface area contributed by atoms with Crippen LogP contribution in [0.5, 0.6) is 0 Å². The fraction of sp³-hybridized carbons (Fsp3) is 0.333. The number of hydrogen-bond donors (Lipinski definition) is 0. The SMILES string of the molecule is CC1=CC[C-]=C1.[Cl-].[Cl-].[Hf]. The van der Waals surface area contributed by atoms with Gasteiger partial charge in [0.05, 0.1) is 0 Å². The summed E-state index contributed by atoms with van der Waals surface area (Å²) >= 11 is 0. The normalized spacial score (nSPS) is 12.3. The van der Waals surface area contributed by atoms with Crippen molar-refractivity contribution in [3.8, 4) is 0 Å². The van der Waals surface area contributed by atoms with Crippen molar-refractivity contribution >= 4 is 0 Å². The van der Waals surface area contributed by atoms with Crippen molar-refractivity contribution < 1.29 is 50.7 Å². The topological polar surface area (TPSA) is 0 Å². The van der Waals surface area contributed by atoms with Crippen LogP contribution >= 0.6 is 0 Å². The first-order valence-corrected chi connectivity index (χ1v) is 2.13. The molecule has 3 heteroatoms. The minimum Gasteiger partial charge on any atom is -1.00 e. The van der Waals surface area contributed by atoms with Gasteiger partial charge in [0, 0.05) is 25.8 Å². The zero-order valence-electron chi connectivity index (χ0n) is 5.12. The van der Waals surface area contributed by atoms with E-state index in [1.54, 1.807) is 0 Å². The Bertz CT molecular complexity index is 105. The standard InChI is InChI=1S/C6H7.2ClH.Hf/c1-6-4-2-3-5-6;;;/h4-5H,2H2,1H3;2*1H;/q-1;;;/p-2. The van der Waals surface area contributed by atoms with Crippen LogP contribution in [0.1, 0.15) is 13.3 Å². The molecule has 0 unspecified atom stereocenters. The monoisotopic (exact) mass is 329 g/mol. The van der Waals surface area contributed by atoms with E-state index < -0.39 is 0 Å². The Hall–Kier alpha value is 0.930. The van der Waals surface area contributed by atoms with Gasteiger partial charge in [-0.1, -0.05) is 0 Å². The summed E-state index contributed by atoms with van der Waals surface area (Å²) in [5.41, 5.74) is 1.34. The molecule has 0 spiro atoms. The van der Waals surface area contributed by atoms with Gasteiger partial charge in [0.25, 0.3) is 0 Å². The molecule has 0 bridgehead atoms. The minimum absolute atomic E-state index is 0. The summed E-state index contributed by atoms with van der Waals surface area (Å²) in [6.07, 6.45) is 8.24. The van der Waals surface area contributed by atoms with E-state index in [2.05, 4.69) is 19.1 Å². The van der Waals surface area contributed by atoms with Crippen LogP contribution in [-0.2, 0) is 25.8 Å². The Balaban J connectivity index is -0.000000120. The zero-order chi connectivity index (χ0) is 4.41. The fourth-order valence-electron chi connectivity index (χ4n) is 0.499. The van der Waals surface area contributed by atoms with E-state index in [1.165, 1.54) is 5.57 Å². The van der Waals surface area contributed by atoms with Gasteiger partial charge in [0.15, 0.2) is 0 Å². The first-order chi connectivity index (χ1) is 2.89. The third kappa shape index (κ3) is 6.82. The molecular formula is C6H7Cl2Hf-3. The molecule has 0 saturated heterocycles. The number of allylic oxidation sites excluding steroid dienone is 4. The van der Waals surface area contributed by atoms with E-state index in [-0.39, 0.29) is 50.7 Å². The van der Waals surface area contributed by atoms with Crippen LogP contribution < -0.4 is 24.8 Å². The molecule has 0 amide bonds. The quantitative estimate of drug-likeness (QED) is 0.312. The van der Waals surface area contributed by atoms with Crippen molar-refractivity contribution in [2.45, 2.75) is 13.3 Å². The summed E-state index contributed by atoms with van der Waals surface area (Å²) in [4.78, 5) is 0. The molecule has 0 radical (unpaired) electrons. The molecule has 0 aromatic rings. The molecule has 0 nitrogen and oxygen atoms in total. The molecular weight excluding hydrogens is 321 g/mol. The second kappa shape index (κ2) is 8.93. The molecule has 9 heavy (non-hydrogen) atoms. The average molecular weight is 329 g/mol. The van der Waals surface area contributed by atoms with Gasteiger partial charge in [-0.05, 0) is 0 Å². The first-order valence-electron chi connectivity index (χ1n) is 2.13. The fourth-order valence-corrected chi connectivity index (χ4v) is 0.499. The van der Waals surface area contributed by atoms with Crippen LogP contribution in [0.4, 0.5) is 0 Å². The molecule has 0 saturated carbocycles. The van der Waals surface area contributed by atoms with Gasteiger partial charge in [-0.15, -0.1) is 13.3 Å². The smallest absolute Gasteiger partial charge is 0 e. The molecule has 0 aromatic carbocycles. The summed E-state index contributed by atoms with van der Waals surface area (Å²) in [5, 5.41) is 0. The van der Waals surface area contributed by atoms with Crippen molar-refractivity contribution in [2.24, 2.45) is 0 Å². The first kappa shape index (κ1) is 16.5. The predicted molar refractivity (Wildman–Crippen MR) is 26.2 cm³/mol. The molecule has 1 aliphatic rings. The van der Waals surface area contributed by atoms with Crippen molar-refractivity contribution in [2.75, 3.05) is 0 Å². The second-order valence-corrected chi connectivity index (χ2v) is 1.50. The average Bonchev–Trinajstić information content (AvgIpc) is 1.86. The van der Waals surface area contributed by atoms with Gasteiger partial charge in [-0.2, -0.15) is 6.08 Å². The third-order valence-corrected chi connectivity index (χ3v) is 0.872. The largest absolute Gasteiger partial charge is 1.00 e. The third-order valence-electron chi connectivity index (χ3n) is 0.872. The van der Waals surface area contributed by atoms with Gasteiger partial charge in [-0.25, -0.2) is 11.6 Å². The van der Waals surface area contributed by atoms with E-state index in [1.807, 2.05) is 6.08 Å². The van der Waals surface area contributed by atoms with Crippen molar-refractivity contribution in [1.29, 1.82) is 0 Å². The van der Waals surface area contributed by atoms with Crippen molar-refractivity contribution in [3.05, 3.63) is 23.8 Å². The maximum Gasteiger partial charge on any atom is 0 e. The number of hydrogen-bond acceptors (Lipinski definition) is 0. The molecule has 1 aliphatic carbocycles. The van der Waals surface area contributed by atoms with Gasteiger partial charge in [0.2, 0.25) is 0 Å². The van der Waals surface area contributed by atoms with Gasteiger partial charge < -0.3 is 24.8 Å². The maximum atomic E-state index is 3.05. The van der Waals surface area contributed by atoms with E-state index in [0.717, 1.165) is 6.42 Å². The number of rotatable bonds is 0. The molecule has 0 atom stereocenters. The number of halogens is 2. The Morgan fingerprint density at radius 3 is 2.11 bits per heavy atom. The van der Waals surface area contributed by atoms with Gasteiger partial charge in [0.1, 0.15) is 0 Å². The summed E-state index contributed by atoms with van der Waals surface area (Å²) in [6.45, 7) is 2.08. The molecule has 0 fully saturated rings. The van der Waals surface area contributed by atoms with Crippen LogP contribution in [0.15, 0.2) is 17.7 Å². The van der Waals surface area contributed by atoms with E-state index in [4.69, 9.17) is 0 Å². The second-order valence-electron chi connectivity index (χ2n) is 1.50. The van der Waals surface area contributed by atoms with Crippen LogP contribution in [-0.4, -0.2) is 0 Å². The zero-order valence-corrected chi connectivity index (χ0v) is 10.2. The molecule has 0 N–H and O–H groups in total. The van der Waals surface area contributed by atoms with Crippen molar-refractivity contribution in [1.82, 2.24) is 0 Å². The summed E-state index contributed by atoms with van der Waals surface area (Å²) in [5.74, 6) is 0. The Morgan fingerprint density at radius 1 is 1.44 bits per heavy atom. The Morgan fingerprint density at radius 2 is 2.00 bits per heavy atom. The van der Waals surface area contributed by atoms with Crippen LogP contribution in [0.2, 0.25) is 0 Å². The van der Waals surface area contributed by atoms with Gasteiger partial charge >= 0.3 is 0 Å². The van der Waals surface area contributed by atoms with Crippen LogP contribution in [0.25, 0.3) is 0 Å². The van der Waals surface area contributed by atoms with Crippen molar-refractivity contribution in [3.63, 3.8) is 0 Å². The Labute approximate surface area is 87.4 Å². The molecule has 1 rings (SSSR count). The maximum absolute atomic E-state index is 3.05. The van der Waals surface area contributed by atoms with Crippen LogP contribution in [0.3, 0.4) is 0 Å².